The van der Waals surface area contributed by atoms with Crippen LogP contribution in [0.3, 0.4) is 0 Å². The van der Waals surface area contributed by atoms with E-state index in [1.807, 2.05) is 97.2 Å². The Bertz CT molecular complexity index is 247. The minimum absolute atomic E-state index is 0. The van der Waals surface area contributed by atoms with E-state index >= 15 is 0 Å². The van der Waals surface area contributed by atoms with Crippen LogP contribution in [0.15, 0.2) is 97.2 Å². The van der Waals surface area contributed by atoms with Crippen LogP contribution in [-0.4, -0.2) is 0 Å². The van der Waals surface area contributed by atoms with Crippen molar-refractivity contribution in [3.05, 3.63) is 97.2 Å². The van der Waals surface area contributed by atoms with Crippen LogP contribution in [0, 0.1) is 0 Å². The second-order valence-electron chi connectivity index (χ2n) is 3.08. The van der Waals surface area contributed by atoms with Crippen molar-refractivity contribution in [2.24, 2.45) is 0 Å². The third-order valence-corrected chi connectivity index (χ3v) is 1.78. The van der Waals surface area contributed by atoms with E-state index in [-0.39, 0.29) is 21.7 Å². The molecule has 0 saturated carbocycles. The molecule has 0 heterocycles. The normalized spacial score (nSPS) is 30.1. The molecule has 2 aliphatic rings. The molecule has 0 unspecified atom stereocenters. The van der Waals surface area contributed by atoms with Gasteiger partial charge in [-0.1, -0.05) is 97.2 Å². The zero-order valence-electron chi connectivity index (χ0n) is 9.74. The van der Waals surface area contributed by atoms with Gasteiger partial charge in [0, 0.05) is 21.7 Å². The van der Waals surface area contributed by atoms with E-state index in [9.17, 15) is 0 Å². The van der Waals surface area contributed by atoms with Crippen molar-refractivity contribution < 1.29 is 21.7 Å². The Labute approximate surface area is 119 Å². The molecule has 0 spiro atoms. The van der Waals surface area contributed by atoms with Crippen molar-refractivity contribution in [2.75, 3.05) is 0 Å². The number of rotatable bonds is 0. The topological polar surface area (TPSA) is 0 Å². The van der Waals surface area contributed by atoms with Crippen molar-refractivity contribution in [1.29, 1.82) is 0 Å². The summed E-state index contributed by atoms with van der Waals surface area (Å²) in [6.45, 7) is 0. The van der Waals surface area contributed by atoms with Crippen molar-refractivity contribution in [1.82, 2.24) is 0 Å². The van der Waals surface area contributed by atoms with Gasteiger partial charge in [0.05, 0.1) is 0 Å². The summed E-state index contributed by atoms with van der Waals surface area (Å²) in [5, 5.41) is 0. The Morgan fingerprint density at radius 2 is 0.235 bits per heavy atom. The molecule has 1 heteroatoms. The van der Waals surface area contributed by atoms with Crippen LogP contribution in [0.2, 0.25) is 0 Å². The molecule has 84 valence electrons. The Balaban J connectivity index is 0.000000284. The molecule has 0 N–H and O–H groups in total. The molecule has 0 nitrogen and oxygen atoms in total. The fourth-order valence-electron chi connectivity index (χ4n) is 1.03. The zero-order chi connectivity index (χ0) is 11.3. The first-order valence-electron chi connectivity index (χ1n) is 5.33. The molecule has 0 aliphatic heterocycles. The summed E-state index contributed by atoms with van der Waals surface area (Å²) in [5.74, 6) is 0. The molecule has 0 aromatic carbocycles. The predicted octanol–water partition coefficient (Wildman–Crippen LogP) is 4.45. The average molecular weight is 256 g/mol. The third-order valence-electron chi connectivity index (χ3n) is 1.78. The molecule has 0 aromatic heterocycles. The van der Waals surface area contributed by atoms with Crippen LogP contribution in [0.4, 0.5) is 0 Å². The first kappa shape index (κ1) is 15.6. The molecule has 17 heavy (non-hydrogen) atoms. The summed E-state index contributed by atoms with van der Waals surface area (Å²) in [4.78, 5) is 0. The van der Waals surface area contributed by atoms with E-state index in [1.165, 1.54) is 0 Å². The monoisotopic (exact) mass is 256 g/mol. The number of hydrogen-bond donors (Lipinski definition) is 0. The second kappa shape index (κ2) is 12.7. The van der Waals surface area contributed by atoms with Gasteiger partial charge >= 0.3 is 0 Å². The van der Waals surface area contributed by atoms with E-state index in [0.717, 1.165) is 0 Å². The smallest absolute Gasteiger partial charge is 0 e. The maximum absolute atomic E-state index is 2.00. The SMILES string of the molecule is C1=C\C=C/C=C\C=C/1.C1=C\C=C/C=C\C=C/1.[Ti]. The van der Waals surface area contributed by atoms with E-state index < -0.39 is 0 Å². The summed E-state index contributed by atoms with van der Waals surface area (Å²) in [6.07, 6.45) is 32.0. The van der Waals surface area contributed by atoms with Gasteiger partial charge in [0.15, 0.2) is 0 Å². The molecular weight excluding hydrogens is 240 g/mol. The third kappa shape index (κ3) is 10.9. The molecule has 0 atom stereocenters. The first-order valence-corrected chi connectivity index (χ1v) is 5.33. The van der Waals surface area contributed by atoms with Gasteiger partial charge in [-0.2, -0.15) is 0 Å². The molecule has 0 bridgehead atoms. The number of hydrogen-bond acceptors (Lipinski definition) is 0. The van der Waals surface area contributed by atoms with Crippen LogP contribution in [-0.2, 0) is 21.7 Å². The average Bonchev–Trinajstić information content (AvgIpc) is 2.15. The predicted molar refractivity (Wildman–Crippen MR) is 73.1 cm³/mol. The van der Waals surface area contributed by atoms with Gasteiger partial charge in [0.1, 0.15) is 0 Å². The number of allylic oxidation sites excluding steroid dienone is 16. The standard InChI is InChI=1S/2C8H8.Ti/c2*1-2-4-6-8-7-5-3-1;/h2*1-8H;/b2*2-1-,3-1?,4-2?,5-3-,6-4-,7-5?,8-6?,8-7-;. The largest absolute Gasteiger partial charge is 0.0623 e. The van der Waals surface area contributed by atoms with Gasteiger partial charge in [-0.05, 0) is 0 Å². The maximum atomic E-state index is 2.00. The molecule has 0 amide bonds. The van der Waals surface area contributed by atoms with Crippen LogP contribution >= 0.6 is 0 Å². The van der Waals surface area contributed by atoms with E-state index in [4.69, 9.17) is 0 Å². The van der Waals surface area contributed by atoms with Crippen LogP contribution in [0.1, 0.15) is 0 Å². The Kier molecular flexibility index (Phi) is 11.7. The minimum atomic E-state index is 0. The molecule has 0 saturated heterocycles. The summed E-state index contributed by atoms with van der Waals surface area (Å²) in [5.41, 5.74) is 0. The van der Waals surface area contributed by atoms with Gasteiger partial charge in [-0.25, -0.2) is 0 Å². The maximum Gasteiger partial charge on any atom is 0 e. The molecule has 0 fully saturated rings. The molecule has 2 aliphatic carbocycles. The second-order valence-corrected chi connectivity index (χ2v) is 3.08. The van der Waals surface area contributed by atoms with Gasteiger partial charge in [-0.15, -0.1) is 0 Å². The van der Waals surface area contributed by atoms with Crippen LogP contribution in [0.25, 0.3) is 0 Å². The van der Waals surface area contributed by atoms with Crippen molar-refractivity contribution in [3.63, 3.8) is 0 Å². The molecule has 2 rings (SSSR count). The first-order chi connectivity index (χ1) is 8.00. The Morgan fingerprint density at radius 3 is 0.294 bits per heavy atom. The summed E-state index contributed by atoms with van der Waals surface area (Å²) >= 11 is 0. The fourth-order valence-corrected chi connectivity index (χ4v) is 1.03. The fraction of sp³-hybridized carbons (Fsp3) is 0. The van der Waals surface area contributed by atoms with Crippen LogP contribution < -0.4 is 0 Å². The van der Waals surface area contributed by atoms with E-state index in [2.05, 4.69) is 0 Å². The summed E-state index contributed by atoms with van der Waals surface area (Å²) in [7, 11) is 0. The van der Waals surface area contributed by atoms with Gasteiger partial charge < -0.3 is 0 Å². The Hall–Kier alpha value is -1.37. The van der Waals surface area contributed by atoms with E-state index in [1.54, 1.807) is 0 Å². The van der Waals surface area contributed by atoms with Crippen molar-refractivity contribution >= 4 is 0 Å². The molecule has 0 radical (unpaired) electrons. The van der Waals surface area contributed by atoms with Crippen molar-refractivity contribution in [2.45, 2.75) is 0 Å². The van der Waals surface area contributed by atoms with Gasteiger partial charge in [-0.3, -0.25) is 0 Å². The van der Waals surface area contributed by atoms with Gasteiger partial charge in [0.25, 0.3) is 0 Å². The van der Waals surface area contributed by atoms with E-state index in [0.29, 0.717) is 0 Å². The summed E-state index contributed by atoms with van der Waals surface area (Å²) in [6, 6.07) is 0. The van der Waals surface area contributed by atoms with Gasteiger partial charge in [0.2, 0.25) is 0 Å². The minimum Gasteiger partial charge on any atom is -0.0623 e. The zero-order valence-corrected chi connectivity index (χ0v) is 11.3. The Morgan fingerprint density at radius 1 is 0.176 bits per heavy atom. The molecular formula is C16H16Ti. The van der Waals surface area contributed by atoms with Crippen molar-refractivity contribution in [3.8, 4) is 0 Å². The molecule has 0 aromatic rings. The summed E-state index contributed by atoms with van der Waals surface area (Å²) < 4.78 is 0. The van der Waals surface area contributed by atoms with Crippen LogP contribution in [0.5, 0.6) is 0 Å². The quantitative estimate of drug-likeness (QED) is 0.562.